The highest BCUT2D eigenvalue weighted by atomic mass is 16.3. The summed E-state index contributed by atoms with van der Waals surface area (Å²) < 4.78 is 0. The molecule has 2 unspecified atom stereocenters. The molecule has 130 valence electrons. The van der Waals surface area contributed by atoms with Gasteiger partial charge in [0.25, 0.3) is 0 Å². The largest absolute Gasteiger partial charge is 0.391 e. The molecule has 0 aliphatic rings. The van der Waals surface area contributed by atoms with Crippen LogP contribution >= 0.6 is 0 Å². The molecule has 0 heterocycles. The van der Waals surface area contributed by atoms with Gasteiger partial charge in [0.15, 0.2) is 0 Å². The number of nitrogens with one attached hydrogen (secondary N) is 1. The van der Waals surface area contributed by atoms with Gasteiger partial charge in [0.2, 0.25) is 0 Å². The van der Waals surface area contributed by atoms with Crippen LogP contribution in [-0.4, -0.2) is 23.3 Å². The molecule has 4 N–H and O–H groups in total. The Morgan fingerprint density at radius 1 is 0.917 bits per heavy atom. The minimum absolute atomic E-state index is 0.0796. The summed E-state index contributed by atoms with van der Waals surface area (Å²) in [5, 5.41) is 14.1. The van der Waals surface area contributed by atoms with Crippen molar-refractivity contribution in [1.82, 2.24) is 5.32 Å². The van der Waals surface area contributed by atoms with Gasteiger partial charge >= 0.3 is 0 Å². The maximum Gasteiger partial charge on any atom is 0.0709 e. The van der Waals surface area contributed by atoms with E-state index in [2.05, 4.69) is 43.4 Å². The molecule has 3 heteroatoms. The Labute approximate surface area is 145 Å². The lowest BCUT2D eigenvalue weighted by atomic mass is 9.90. The van der Waals surface area contributed by atoms with Gasteiger partial charge < -0.3 is 16.2 Å². The first-order chi connectivity index (χ1) is 11.6. The summed E-state index contributed by atoms with van der Waals surface area (Å²) in [5.74, 6) is 0.357. The second-order valence-corrected chi connectivity index (χ2v) is 6.81. The quantitative estimate of drug-likeness (QED) is 0.663. The Morgan fingerprint density at radius 3 is 2.00 bits per heavy atom. The molecule has 0 fully saturated rings. The second-order valence-electron chi connectivity index (χ2n) is 6.81. The van der Waals surface area contributed by atoms with Crippen molar-refractivity contribution in [3.63, 3.8) is 0 Å². The zero-order valence-corrected chi connectivity index (χ0v) is 14.7. The minimum Gasteiger partial charge on any atom is -0.391 e. The SMILES string of the molecule is CC(C)C(NCc1ccccc1)C(N)[C@H](O)CCc1ccccc1. The summed E-state index contributed by atoms with van der Waals surface area (Å²) >= 11 is 0. The Balaban J connectivity index is 1.88. The standard InChI is InChI=1S/C21H30N2O/c1-16(2)21(23-15-18-11-7-4-8-12-18)20(22)19(24)14-13-17-9-5-3-6-10-17/h3-12,16,19-21,23-24H,13-15,22H2,1-2H3/t19-,20?,21?/m1/s1. The van der Waals surface area contributed by atoms with Crippen LogP contribution in [0.3, 0.4) is 0 Å². The van der Waals surface area contributed by atoms with Gasteiger partial charge in [-0.1, -0.05) is 74.5 Å². The number of hydrogen-bond donors (Lipinski definition) is 3. The maximum atomic E-state index is 10.5. The van der Waals surface area contributed by atoms with E-state index in [-0.39, 0.29) is 12.1 Å². The van der Waals surface area contributed by atoms with E-state index in [1.54, 1.807) is 0 Å². The van der Waals surface area contributed by atoms with E-state index in [9.17, 15) is 5.11 Å². The van der Waals surface area contributed by atoms with Crippen LogP contribution in [0.1, 0.15) is 31.4 Å². The lowest BCUT2D eigenvalue weighted by Gasteiger charge is -2.32. The summed E-state index contributed by atoms with van der Waals surface area (Å²) in [6.07, 6.45) is 1.02. The average molecular weight is 326 g/mol. The molecule has 2 aromatic carbocycles. The molecule has 0 saturated heterocycles. The fourth-order valence-electron chi connectivity index (χ4n) is 3.04. The Morgan fingerprint density at radius 2 is 1.46 bits per heavy atom. The summed E-state index contributed by atoms with van der Waals surface area (Å²) in [6, 6.07) is 20.3. The predicted octanol–water partition coefficient (Wildman–Crippen LogP) is 3.12. The third kappa shape index (κ3) is 5.75. The van der Waals surface area contributed by atoms with E-state index < -0.39 is 6.10 Å². The number of hydrogen-bond acceptors (Lipinski definition) is 3. The van der Waals surface area contributed by atoms with Crippen LogP contribution in [-0.2, 0) is 13.0 Å². The average Bonchev–Trinajstić information content (AvgIpc) is 2.61. The zero-order valence-electron chi connectivity index (χ0n) is 14.7. The van der Waals surface area contributed by atoms with Gasteiger partial charge in [-0.2, -0.15) is 0 Å². The molecule has 0 spiro atoms. The van der Waals surface area contributed by atoms with E-state index >= 15 is 0 Å². The van der Waals surface area contributed by atoms with Crippen molar-refractivity contribution in [2.45, 2.75) is 51.4 Å². The molecular formula is C21H30N2O. The molecule has 0 amide bonds. The lowest BCUT2D eigenvalue weighted by molar-refractivity contribution is 0.106. The van der Waals surface area contributed by atoms with Gasteiger partial charge in [-0.05, 0) is 29.9 Å². The predicted molar refractivity (Wildman–Crippen MR) is 101 cm³/mol. The number of nitrogens with two attached hydrogens (primary N) is 1. The van der Waals surface area contributed by atoms with Crippen LogP contribution in [0, 0.1) is 5.92 Å². The lowest BCUT2D eigenvalue weighted by Crippen LogP contribution is -2.54. The van der Waals surface area contributed by atoms with Crippen molar-refractivity contribution in [3.05, 3.63) is 71.8 Å². The third-order valence-electron chi connectivity index (χ3n) is 4.53. The van der Waals surface area contributed by atoms with Crippen molar-refractivity contribution in [3.8, 4) is 0 Å². The summed E-state index contributed by atoms with van der Waals surface area (Å²) in [5.41, 5.74) is 8.85. The first-order valence-corrected chi connectivity index (χ1v) is 8.83. The number of aryl methyl sites for hydroxylation is 1. The topological polar surface area (TPSA) is 58.3 Å². The molecule has 3 nitrogen and oxygen atoms in total. The van der Waals surface area contributed by atoms with Crippen LogP contribution in [0.2, 0.25) is 0 Å². The highest BCUT2D eigenvalue weighted by Gasteiger charge is 2.26. The van der Waals surface area contributed by atoms with Gasteiger partial charge in [0, 0.05) is 18.6 Å². The summed E-state index contributed by atoms with van der Waals surface area (Å²) in [7, 11) is 0. The molecule has 0 bridgehead atoms. The first-order valence-electron chi connectivity index (χ1n) is 8.83. The molecule has 0 aromatic heterocycles. The molecule has 0 saturated carbocycles. The number of benzene rings is 2. The van der Waals surface area contributed by atoms with Crippen molar-refractivity contribution in [2.24, 2.45) is 11.7 Å². The highest BCUT2D eigenvalue weighted by Crippen LogP contribution is 2.14. The van der Waals surface area contributed by atoms with Crippen LogP contribution < -0.4 is 11.1 Å². The van der Waals surface area contributed by atoms with Crippen molar-refractivity contribution >= 4 is 0 Å². The van der Waals surface area contributed by atoms with Crippen LogP contribution in [0.15, 0.2) is 60.7 Å². The molecule has 3 atom stereocenters. The van der Waals surface area contributed by atoms with Crippen LogP contribution in [0.4, 0.5) is 0 Å². The zero-order chi connectivity index (χ0) is 17.4. The summed E-state index contributed by atoms with van der Waals surface area (Å²) in [4.78, 5) is 0. The number of aliphatic hydroxyl groups excluding tert-OH is 1. The fourth-order valence-corrected chi connectivity index (χ4v) is 3.04. The first kappa shape index (κ1) is 18.7. The molecule has 24 heavy (non-hydrogen) atoms. The normalized spacial score (nSPS) is 15.2. The van der Waals surface area contributed by atoms with Gasteiger partial charge in [0.05, 0.1) is 6.10 Å². The Hall–Kier alpha value is -1.68. The van der Waals surface area contributed by atoms with E-state index in [0.29, 0.717) is 12.3 Å². The van der Waals surface area contributed by atoms with Crippen molar-refractivity contribution in [2.75, 3.05) is 0 Å². The minimum atomic E-state index is -0.513. The number of rotatable bonds is 9. The van der Waals surface area contributed by atoms with E-state index in [4.69, 9.17) is 5.73 Å². The molecular weight excluding hydrogens is 296 g/mol. The van der Waals surface area contributed by atoms with Crippen molar-refractivity contribution in [1.29, 1.82) is 0 Å². The van der Waals surface area contributed by atoms with Gasteiger partial charge in [0.1, 0.15) is 0 Å². The summed E-state index contributed by atoms with van der Waals surface area (Å²) in [6.45, 7) is 5.06. The second kappa shape index (κ2) is 9.58. The monoisotopic (exact) mass is 326 g/mol. The van der Waals surface area contributed by atoms with Crippen LogP contribution in [0.25, 0.3) is 0 Å². The van der Waals surface area contributed by atoms with Gasteiger partial charge in [-0.25, -0.2) is 0 Å². The molecule has 0 radical (unpaired) electrons. The van der Waals surface area contributed by atoms with Crippen LogP contribution in [0.5, 0.6) is 0 Å². The van der Waals surface area contributed by atoms with E-state index in [0.717, 1.165) is 13.0 Å². The number of aliphatic hydroxyl groups is 1. The third-order valence-corrected chi connectivity index (χ3v) is 4.53. The fraction of sp³-hybridized carbons (Fsp3) is 0.429. The smallest absolute Gasteiger partial charge is 0.0709 e. The van der Waals surface area contributed by atoms with Gasteiger partial charge in [-0.3, -0.25) is 0 Å². The van der Waals surface area contributed by atoms with E-state index in [1.807, 2.05) is 36.4 Å². The molecule has 2 aromatic rings. The van der Waals surface area contributed by atoms with Crippen molar-refractivity contribution < 1.29 is 5.11 Å². The Kier molecular flexibility index (Phi) is 7.44. The molecule has 2 rings (SSSR count). The molecule has 0 aliphatic carbocycles. The highest BCUT2D eigenvalue weighted by molar-refractivity contribution is 5.15. The Bertz CT molecular complexity index is 571. The molecule has 0 aliphatic heterocycles. The maximum absolute atomic E-state index is 10.5. The van der Waals surface area contributed by atoms with E-state index in [1.165, 1.54) is 11.1 Å². The van der Waals surface area contributed by atoms with Gasteiger partial charge in [-0.15, -0.1) is 0 Å².